The Kier molecular flexibility index (Phi) is 5.98. The molecule has 0 bridgehead atoms. The normalized spacial score (nSPS) is 11.6. The van der Waals surface area contributed by atoms with E-state index >= 15 is 0 Å². The summed E-state index contributed by atoms with van der Waals surface area (Å²) in [7, 11) is 0. The highest BCUT2D eigenvalue weighted by Crippen LogP contribution is 2.14. The first kappa shape index (κ1) is 12.6. The second kappa shape index (κ2) is 6.15. The van der Waals surface area contributed by atoms with Crippen molar-refractivity contribution in [2.75, 3.05) is 13.2 Å². The molecule has 0 aromatic heterocycles. The fourth-order valence-corrected chi connectivity index (χ4v) is 0.836. The van der Waals surface area contributed by atoms with Gasteiger partial charge in [0, 0.05) is 6.61 Å². The van der Waals surface area contributed by atoms with Crippen molar-refractivity contribution in [1.82, 2.24) is 0 Å². The minimum Gasteiger partial charge on any atom is -0.393 e. The van der Waals surface area contributed by atoms with Crippen molar-refractivity contribution in [1.29, 1.82) is 0 Å². The third-order valence-corrected chi connectivity index (χ3v) is 1.43. The van der Waals surface area contributed by atoms with E-state index in [0.29, 0.717) is 24.3 Å². The topological polar surface area (TPSA) is 35.2 Å². The van der Waals surface area contributed by atoms with Crippen LogP contribution >= 0.6 is 12.2 Å². The predicted octanol–water partition coefficient (Wildman–Crippen LogP) is 2.02. The number of unbranched alkanes of at least 4 members (excludes halogenated alkanes) is 1. The van der Waals surface area contributed by atoms with Gasteiger partial charge in [-0.05, 0) is 19.3 Å². The number of thiocarbonyl (C=S) groups is 1. The molecule has 0 aromatic carbocycles. The number of hydrogen-bond acceptors (Lipinski definition) is 2. The Bertz CT molecular complexity index is 160. The summed E-state index contributed by atoms with van der Waals surface area (Å²) >= 11 is 4.59. The van der Waals surface area contributed by atoms with Crippen molar-refractivity contribution in [2.45, 2.75) is 25.4 Å². The number of hydrogen-bond donors (Lipinski definition) is 1. The Morgan fingerprint density at radius 2 is 1.92 bits per heavy atom. The van der Waals surface area contributed by atoms with Crippen LogP contribution < -0.4 is 5.73 Å². The van der Waals surface area contributed by atoms with E-state index in [4.69, 9.17) is 5.73 Å². The third-order valence-electron chi connectivity index (χ3n) is 1.23. The van der Waals surface area contributed by atoms with Crippen LogP contribution in [0.1, 0.15) is 19.3 Å². The van der Waals surface area contributed by atoms with Gasteiger partial charge < -0.3 is 10.5 Å². The first-order chi connectivity index (χ1) is 5.92. The van der Waals surface area contributed by atoms with Crippen LogP contribution in [0.3, 0.4) is 0 Å². The Labute approximate surface area is 80.2 Å². The molecular formula is C7H12F3NOS. The Morgan fingerprint density at radius 3 is 2.38 bits per heavy atom. The summed E-state index contributed by atoms with van der Waals surface area (Å²) in [6.45, 7) is -1.08. The zero-order valence-electron chi connectivity index (χ0n) is 7.06. The molecule has 0 amide bonds. The second-order valence-electron chi connectivity index (χ2n) is 2.59. The Balaban J connectivity index is 3.13. The molecule has 0 aromatic rings. The summed E-state index contributed by atoms with van der Waals surface area (Å²) in [5, 5.41) is 0. The van der Waals surface area contributed by atoms with E-state index in [-0.39, 0.29) is 6.61 Å². The van der Waals surface area contributed by atoms with Gasteiger partial charge in [-0.3, -0.25) is 0 Å². The number of alkyl halides is 3. The summed E-state index contributed by atoms with van der Waals surface area (Å²) in [5.41, 5.74) is 5.19. The highest BCUT2D eigenvalue weighted by atomic mass is 32.1. The molecule has 0 spiro atoms. The molecule has 0 fully saturated rings. The van der Waals surface area contributed by atoms with E-state index in [0.717, 1.165) is 0 Å². The smallest absolute Gasteiger partial charge is 0.393 e. The third kappa shape index (κ3) is 11.6. The van der Waals surface area contributed by atoms with E-state index in [1.54, 1.807) is 0 Å². The Hall–Kier alpha value is -0.360. The molecule has 0 unspecified atom stereocenters. The van der Waals surface area contributed by atoms with Crippen LogP contribution in [-0.2, 0) is 4.74 Å². The predicted molar refractivity (Wildman–Crippen MR) is 47.5 cm³/mol. The summed E-state index contributed by atoms with van der Waals surface area (Å²) in [4.78, 5) is 0.385. The number of halogens is 3. The molecule has 0 atom stereocenters. The Morgan fingerprint density at radius 1 is 1.31 bits per heavy atom. The van der Waals surface area contributed by atoms with Crippen LogP contribution in [0, 0.1) is 0 Å². The summed E-state index contributed by atoms with van der Waals surface area (Å²) in [5.74, 6) is 0. The van der Waals surface area contributed by atoms with Crippen molar-refractivity contribution in [3.8, 4) is 0 Å². The summed E-state index contributed by atoms with van der Waals surface area (Å²) in [6.07, 6.45) is -2.45. The van der Waals surface area contributed by atoms with Crippen molar-refractivity contribution in [3.63, 3.8) is 0 Å². The maximum absolute atomic E-state index is 11.5. The fraction of sp³-hybridized carbons (Fsp3) is 0.857. The largest absolute Gasteiger partial charge is 0.411 e. The van der Waals surface area contributed by atoms with Crippen LogP contribution in [-0.4, -0.2) is 24.4 Å². The van der Waals surface area contributed by atoms with E-state index in [2.05, 4.69) is 17.0 Å². The van der Waals surface area contributed by atoms with Gasteiger partial charge in [-0.15, -0.1) is 0 Å². The van der Waals surface area contributed by atoms with Crippen LogP contribution in [0.5, 0.6) is 0 Å². The molecule has 0 rings (SSSR count). The number of nitrogens with two attached hydrogens (primary N) is 1. The number of ether oxygens (including phenoxy) is 1. The van der Waals surface area contributed by atoms with Gasteiger partial charge in [-0.2, -0.15) is 13.2 Å². The van der Waals surface area contributed by atoms with Crippen LogP contribution in [0.25, 0.3) is 0 Å². The SMILES string of the molecule is NC(=S)CCCCOCC(F)(F)F. The van der Waals surface area contributed by atoms with Gasteiger partial charge in [-0.25, -0.2) is 0 Å². The second-order valence-corrected chi connectivity index (χ2v) is 3.12. The lowest BCUT2D eigenvalue weighted by molar-refractivity contribution is -0.174. The molecule has 78 valence electrons. The molecule has 0 heterocycles. The first-order valence-corrected chi connectivity index (χ1v) is 4.25. The van der Waals surface area contributed by atoms with Gasteiger partial charge in [-0.1, -0.05) is 12.2 Å². The van der Waals surface area contributed by atoms with E-state index in [1.807, 2.05) is 0 Å². The zero-order valence-corrected chi connectivity index (χ0v) is 7.88. The average Bonchev–Trinajstić information content (AvgIpc) is 1.93. The molecule has 0 aliphatic rings. The fourth-order valence-electron chi connectivity index (χ4n) is 0.691. The molecule has 13 heavy (non-hydrogen) atoms. The van der Waals surface area contributed by atoms with E-state index in [9.17, 15) is 13.2 Å². The molecule has 6 heteroatoms. The van der Waals surface area contributed by atoms with Crippen LogP contribution in [0.15, 0.2) is 0 Å². The lowest BCUT2D eigenvalue weighted by Crippen LogP contribution is -2.17. The van der Waals surface area contributed by atoms with Crippen LogP contribution in [0.2, 0.25) is 0 Å². The maximum atomic E-state index is 11.5. The lowest BCUT2D eigenvalue weighted by atomic mass is 10.2. The molecule has 0 aliphatic heterocycles. The van der Waals surface area contributed by atoms with E-state index in [1.165, 1.54) is 0 Å². The molecule has 0 radical (unpaired) electrons. The minimum atomic E-state index is -4.23. The standard InChI is InChI=1S/C7H12F3NOS/c8-7(9,10)5-12-4-2-1-3-6(11)13/h1-5H2,(H2,11,13). The highest BCUT2D eigenvalue weighted by molar-refractivity contribution is 7.80. The van der Waals surface area contributed by atoms with Gasteiger partial charge in [0.15, 0.2) is 0 Å². The van der Waals surface area contributed by atoms with Crippen molar-refractivity contribution in [3.05, 3.63) is 0 Å². The summed E-state index contributed by atoms with van der Waals surface area (Å²) in [6, 6.07) is 0. The molecule has 0 aliphatic carbocycles. The lowest BCUT2D eigenvalue weighted by Gasteiger charge is -2.06. The van der Waals surface area contributed by atoms with Gasteiger partial charge in [0.25, 0.3) is 0 Å². The van der Waals surface area contributed by atoms with Gasteiger partial charge in [0.05, 0.1) is 4.99 Å². The first-order valence-electron chi connectivity index (χ1n) is 3.84. The number of rotatable bonds is 6. The summed E-state index contributed by atoms with van der Waals surface area (Å²) < 4.78 is 39.0. The quantitative estimate of drug-likeness (QED) is 0.544. The molecule has 0 saturated heterocycles. The average molecular weight is 215 g/mol. The monoisotopic (exact) mass is 215 g/mol. The van der Waals surface area contributed by atoms with Crippen molar-refractivity contribution >= 4 is 17.2 Å². The van der Waals surface area contributed by atoms with Gasteiger partial charge >= 0.3 is 6.18 Å². The van der Waals surface area contributed by atoms with Crippen molar-refractivity contribution < 1.29 is 17.9 Å². The van der Waals surface area contributed by atoms with E-state index < -0.39 is 12.8 Å². The molecule has 2 N–H and O–H groups in total. The van der Waals surface area contributed by atoms with Gasteiger partial charge in [0.2, 0.25) is 0 Å². The van der Waals surface area contributed by atoms with Crippen LogP contribution in [0.4, 0.5) is 13.2 Å². The van der Waals surface area contributed by atoms with Crippen molar-refractivity contribution in [2.24, 2.45) is 5.73 Å². The molecular weight excluding hydrogens is 203 g/mol. The van der Waals surface area contributed by atoms with Gasteiger partial charge in [0.1, 0.15) is 6.61 Å². The zero-order chi connectivity index (χ0) is 10.3. The highest BCUT2D eigenvalue weighted by Gasteiger charge is 2.26. The molecule has 2 nitrogen and oxygen atoms in total. The molecule has 0 saturated carbocycles. The minimum absolute atomic E-state index is 0.0993. The maximum Gasteiger partial charge on any atom is 0.411 e.